The van der Waals surface area contributed by atoms with Crippen molar-refractivity contribution in [3.8, 4) is 5.75 Å². The van der Waals surface area contributed by atoms with E-state index in [1.807, 2.05) is 0 Å². The first-order valence-electron chi connectivity index (χ1n) is 4.33. The van der Waals surface area contributed by atoms with Crippen molar-refractivity contribution in [2.45, 2.75) is 12.2 Å². The summed E-state index contributed by atoms with van der Waals surface area (Å²) in [5.41, 5.74) is 0.735. The van der Waals surface area contributed by atoms with Gasteiger partial charge in [-0.2, -0.15) is 0 Å². The average Bonchev–Trinajstić information content (AvgIpc) is 2.56. The van der Waals surface area contributed by atoms with Crippen LogP contribution in [0.3, 0.4) is 0 Å². The Morgan fingerprint density at radius 3 is 2.87 bits per heavy atom. The third kappa shape index (κ3) is 2.23. The molecule has 1 aromatic rings. The highest BCUT2D eigenvalue weighted by molar-refractivity contribution is 8.13. The molecule has 1 aromatic carbocycles. The van der Waals surface area contributed by atoms with Crippen LogP contribution in [0.5, 0.6) is 5.75 Å². The Morgan fingerprint density at radius 1 is 1.47 bits per heavy atom. The van der Waals surface area contributed by atoms with Crippen LogP contribution in [0.1, 0.15) is 11.1 Å². The highest BCUT2D eigenvalue weighted by Gasteiger charge is 2.22. The molecule has 0 saturated heterocycles. The van der Waals surface area contributed by atoms with Gasteiger partial charge in [-0.1, -0.05) is 0 Å². The molecule has 15 heavy (non-hydrogen) atoms. The molecule has 0 bridgehead atoms. The van der Waals surface area contributed by atoms with Crippen molar-refractivity contribution in [2.24, 2.45) is 0 Å². The third-order valence-corrected chi connectivity index (χ3v) is 3.22. The average molecular weight is 251 g/mol. The van der Waals surface area contributed by atoms with Gasteiger partial charge in [0.15, 0.2) is 0 Å². The number of rotatable bonds is 2. The molecule has 0 unspecified atom stereocenters. The highest BCUT2D eigenvalue weighted by atomic mass is 35.7. The summed E-state index contributed by atoms with van der Waals surface area (Å²) in [6.45, 7) is 0.453. The zero-order valence-corrected chi connectivity index (χ0v) is 9.24. The number of fused-ring (bicyclic) bond motifs is 1. The van der Waals surface area contributed by atoms with Crippen LogP contribution in [0.2, 0.25) is 0 Å². The van der Waals surface area contributed by atoms with Gasteiger partial charge < -0.3 is 4.74 Å². The molecule has 6 heteroatoms. The van der Waals surface area contributed by atoms with E-state index in [1.54, 1.807) is 0 Å². The van der Waals surface area contributed by atoms with E-state index in [2.05, 4.69) is 0 Å². The second-order valence-corrected chi connectivity index (χ2v) is 6.06. The minimum Gasteiger partial charge on any atom is -0.493 e. The molecular formula is C9H8ClFO3S. The van der Waals surface area contributed by atoms with Crippen LogP contribution < -0.4 is 4.74 Å². The number of hydrogen-bond donors (Lipinski definition) is 0. The molecular weight excluding hydrogens is 243 g/mol. The molecule has 2 rings (SSSR count). The van der Waals surface area contributed by atoms with Gasteiger partial charge in [-0.3, -0.25) is 0 Å². The first-order chi connectivity index (χ1) is 6.97. The zero-order valence-electron chi connectivity index (χ0n) is 7.66. The summed E-state index contributed by atoms with van der Waals surface area (Å²) in [6, 6.07) is 2.70. The van der Waals surface area contributed by atoms with Crippen molar-refractivity contribution in [1.82, 2.24) is 0 Å². The fraction of sp³-hybridized carbons (Fsp3) is 0.333. The lowest BCUT2D eigenvalue weighted by Crippen LogP contribution is -2.02. The van der Waals surface area contributed by atoms with Crippen molar-refractivity contribution < 1.29 is 17.5 Å². The lowest BCUT2D eigenvalue weighted by Gasteiger charge is -2.06. The van der Waals surface area contributed by atoms with E-state index in [9.17, 15) is 12.8 Å². The molecule has 0 N–H and O–H groups in total. The lowest BCUT2D eigenvalue weighted by atomic mass is 10.1. The Labute approximate surface area is 91.2 Å². The largest absolute Gasteiger partial charge is 0.493 e. The summed E-state index contributed by atoms with van der Waals surface area (Å²) in [5.74, 6) is -0.498. The molecule has 1 aliphatic heterocycles. The molecule has 0 amide bonds. The van der Waals surface area contributed by atoms with E-state index in [0.29, 0.717) is 24.3 Å². The smallest absolute Gasteiger partial charge is 0.236 e. The van der Waals surface area contributed by atoms with Crippen LogP contribution in [-0.2, 0) is 21.2 Å². The highest BCUT2D eigenvalue weighted by Crippen LogP contribution is 2.31. The van der Waals surface area contributed by atoms with E-state index in [0.717, 1.165) is 0 Å². The predicted molar refractivity (Wildman–Crippen MR) is 54.1 cm³/mol. The molecule has 0 aliphatic carbocycles. The van der Waals surface area contributed by atoms with Crippen LogP contribution >= 0.6 is 10.7 Å². The molecule has 0 radical (unpaired) electrons. The Kier molecular flexibility index (Phi) is 2.60. The van der Waals surface area contributed by atoms with E-state index >= 15 is 0 Å². The van der Waals surface area contributed by atoms with Gasteiger partial charge in [0, 0.05) is 28.2 Å². The minimum atomic E-state index is -3.74. The molecule has 82 valence electrons. The number of halogens is 2. The van der Waals surface area contributed by atoms with E-state index < -0.39 is 20.6 Å². The van der Waals surface area contributed by atoms with Crippen LogP contribution in [0, 0.1) is 5.82 Å². The second-order valence-electron chi connectivity index (χ2n) is 3.28. The molecule has 1 heterocycles. The van der Waals surface area contributed by atoms with Gasteiger partial charge in [-0.25, -0.2) is 12.8 Å². The minimum absolute atomic E-state index is 0.125. The van der Waals surface area contributed by atoms with Crippen molar-refractivity contribution in [1.29, 1.82) is 0 Å². The fourth-order valence-electron chi connectivity index (χ4n) is 1.64. The molecule has 0 saturated carbocycles. The van der Waals surface area contributed by atoms with Crippen molar-refractivity contribution in [3.63, 3.8) is 0 Å². The van der Waals surface area contributed by atoms with Crippen molar-refractivity contribution in [2.75, 3.05) is 6.61 Å². The van der Waals surface area contributed by atoms with Gasteiger partial charge in [0.25, 0.3) is 0 Å². The summed E-state index contributed by atoms with van der Waals surface area (Å²) in [6.07, 6.45) is 0.523. The summed E-state index contributed by atoms with van der Waals surface area (Å²) in [5, 5.41) is 0. The Hall–Kier alpha value is -0.810. The standard InChI is InChI=1S/C9H8ClFO3S/c10-15(12,13)5-7-6-3-4-14-9(6)2-1-8(7)11/h1-2H,3-5H2. The van der Waals surface area contributed by atoms with E-state index in [1.165, 1.54) is 12.1 Å². The van der Waals surface area contributed by atoms with Crippen LogP contribution in [0.4, 0.5) is 4.39 Å². The monoisotopic (exact) mass is 250 g/mol. The normalized spacial score (nSPS) is 14.8. The molecule has 0 aromatic heterocycles. The summed E-state index contributed by atoms with van der Waals surface area (Å²) >= 11 is 0. The summed E-state index contributed by atoms with van der Waals surface area (Å²) in [4.78, 5) is 0. The van der Waals surface area contributed by atoms with Gasteiger partial charge in [0.1, 0.15) is 11.6 Å². The Morgan fingerprint density at radius 2 is 2.20 bits per heavy atom. The van der Waals surface area contributed by atoms with Gasteiger partial charge in [0.2, 0.25) is 9.05 Å². The Bertz CT molecular complexity index is 498. The number of hydrogen-bond acceptors (Lipinski definition) is 3. The summed E-state index contributed by atoms with van der Waals surface area (Å²) in [7, 11) is 1.36. The van der Waals surface area contributed by atoms with E-state index in [4.69, 9.17) is 15.4 Å². The topological polar surface area (TPSA) is 43.4 Å². The second kappa shape index (κ2) is 3.64. The maximum atomic E-state index is 13.4. The van der Waals surface area contributed by atoms with Crippen LogP contribution in [0.15, 0.2) is 12.1 Å². The quantitative estimate of drug-likeness (QED) is 0.752. The van der Waals surface area contributed by atoms with Crippen LogP contribution in [-0.4, -0.2) is 15.0 Å². The first-order valence-corrected chi connectivity index (χ1v) is 6.80. The zero-order chi connectivity index (χ0) is 11.1. The molecule has 1 aliphatic rings. The number of benzene rings is 1. The van der Waals surface area contributed by atoms with Crippen molar-refractivity contribution in [3.05, 3.63) is 29.1 Å². The number of ether oxygens (including phenoxy) is 1. The fourth-order valence-corrected chi connectivity index (χ4v) is 2.63. The lowest BCUT2D eigenvalue weighted by molar-refractivity contribution is 0.356. The van der Waals surface area contributed by atoms with Crippen LogP contribution in [0.25, 0.3) is 0 Å². The summed E-state index contributed by atoms with van der Waals surface area (Å²) < 4.78 is 40.4. The predicted octanol–water partition coefficient (Wildman–Crippen LogP) is 1.83. The molecule has 0 atom stereocenters. The van der Waals surface area contributed by atoms with E-state index in [-0.39, 0.29) is 5.56 Å². The van der Waals surface area contributed by atoms with Gasteiger partial charge in [-0.15, -0.1) is 0 Å². The third-order valence-electron chi connectivity index (χ3n) is 2.26. The van der Waals surface area contributed by atoms with Crippen molar-refractivity contribution >= 4 is 19.7 Å². The Balaban J connectivity index is 2.50. The van der Waals surface area contributed by atoms with Gasteiger partial charge in [-0.05, 0) is 12.1 Å². The maximum absolute atomic E-state index is 13.4. The maximum Gasteiger partial charge on any atom is 0.236 e. The molecule has 0 fully saturated rings. The van der Waals surface area contributed by atoms with Gasteiger partial charge in [0.05, 0.1) is 12.4 Å². The van der Waals surface area contributed by atoms with Gasteiger partial charge >= 0.3 is 0 Å². The molecule has 3 nitrogen and oxygen atoms in total. The molecule has 0 spiro atoms. The first kappa shape index (κ1) is 10.7. The SMILES string of the molecule is O=S(=O)(Cl)Cc1c(F)ccc2c1CCO2.